The predicted octanol–water partition coefficient (Wildman–Crippen LogP) is 4.79. The third-order valence-electron chi connectivity index (χ3n) is 4.11. The highest BCUT2D eigenvalue weighted by Gasteiger charge is 2.11. The van der Waals surface area contributed by atoms with Crippen LogP contribution in [0.1, 0.15) is 30.4 Å². The SMILES string of the molecule is C[C@@H](CC(=O)Nc1cccc(OCc2cccnc2)c1)c1ccccc1. The molecule has 4 nitrogen and oxygen atoms in total. The minimum absolute atomic E-state index is 0.00855. The second kappa shape index (κ2) is 8.81. The lowest BCUT2D eigenvalue weighted by molar-refractivity contribution is -0.116. The van der Waals surface area contributed by atoms with Crippen LogP contribution in [0.2, 0.25) is 0 Å². The largest absolute Gasteiger partial charge is 0.489 e. The van der Waals surface area contributed by atoms with Gasteiger partial charge < -0.3 is 10.1 Å². The molecule has 0 fully saturated rings. The number of amides is 1. The Hall–Kier alpha value is -3.14. The summed E-state index contributed by atoms with van der Waals surface area (Å²) in [6, 6.07) is 21.3. The van der Waals surface area contributed by atoms with Crippen molar-refractivity contribution in [1.82, 2.24) is 4.98 Å². The van der Waals surface area contributed by atoms with Gasteiger partial charge in [-0.15, -0.1) is 0 Å². The van der Waals surface area contributed by atoms with Crippen molar-refractivity contribution in [1.29, 1.82) is 0 Å². The number of rotatable bonds is 7. The first-order valence-electron chi connectivity index (χ1n) is 8.67. The Balaban J connectivity index is 1.55. The molecule has 1 heterocycles. The van der Waals surface area contributed by atoms with Crippen molar-refractivity contribution in [3.8, 4) is 5.75 Å². The smallest absolute Gasteiger partial charge is 0.224 e. The van der Waals surface area contributed by atoms with Gasteiger partial charge in [0.1, 0.15) is 12.4 Å². The Kier molecular flexibility index (Phi) is 5.99. The van der Waals surface area contributed by atoms with Gasteiger partial charge in [0.15, 0.2) is 0 Å². The summed E-state index contributed by atoms with van der Waals surface area (Å²) in [5.41, 5.74) is 2.90. The van der Waals surface area contributed by atoms with Gasteiger partial charge in [0.25, 0.3) is 0 Å². The van der Waals surface area contributed by atoms with E-state index in [9.17, 15) is 4.79 Å². The number of hydrogen-bond donors (Lipinski definition) is 1. The second-order valence-electron chi connectivity index (χ2n) is 6.24. The van der Waals surface area contributed by atoms with Crippen molar-refractivity contribution < 1.29 is 9.53 Å². The zero-order chi connectivity index (χ0) is 18.2. The molecule has 1 atom stereocenters. The average molecular weight is 346 g/mol. The molecule has 3 rings (SSSR count). The maximum absolute atomic E-state index is 12.3. The van der Waals surface area contributed by atoms with E-state index in [4.69, 9.17) is 4.74 Å². The molecule has 26 heavy (non-hydrogen) atoms. The lowest BCUT2D eigenvalue weighted by Gasteiger charge is -2.13. The van der Waals surface area contributed by atoms with Gasteiger partial charge in [-0.2, -0.15) is 0 Å². The van der Waals surface area contributed by atoms with Crippen molar-refractivity contribution in [3.05, 3.63) is 90.3 Å². The van der Waals surface area contributed by atoms with E-state index in [0.29, 0.717) is 18.8 Å². The molecule has 0 saturated carbocycles. The van der Waals surface area contributed by atoms with E-state index in [1.807, 2.05) is 66.7 Å². The molecule has 2 aromatic carbocycles. The fourth-order valence-electron chi connectivity index (χ4n) is 2.70. The van der Waals surface area contributed by atoms with Gasteiger partial charge in [-0.05, 0) is 29.7 Å². The number of nitrogens with zero attached hydrogens (tertiary/aromatic N) is 1. The van der Waals surface area contributed by atoms with Crippen LogP contribution in [0.15, 0.2) is 79.1 Å². The number of hydrogen-bond acceptors (Lipinski definition) is 3. The van der Waals surface area contributed by atoms with Crippen LogP contribution in [0.3, 0.4) is 0 Å². The molecule has 132 valence electrons. The standard InChI is InChI=1S/C22H22N2O2/c1-17(19-8-3-2-4-9-19)13-22(25)24-20-10-5-11-21(14-20)26-16-18-7-6-12-23-15-18/h2-12,14-15,17H,13,16H2,1H3,(H,24,25)/t17-/m0/s1. The molecule has 0 unspecified atom stereocenters. The fourth-order valence-corrected chi connectivity index (χ4v) is 2.70. The van der Waals surface area contributed by atoms with Crippen LogP contribution in [-0.2, 0) is 11.4 Å². The topological polar surface area (TPSA) is 51.2 Å². The molecule has 4 heteroatoms. The first-order valence-corrected chi connectivity index (χ1v) is 8.67. The zero-order valence-electron chi connectivity index (χ0n) is 14.8. The highest BCUT2D eigenvalue weighted by Crippen LogP contribution is 2.22. The molecule has 3 aromatic rings. The van der Waals surface area contributed by atoms with Crippen LogP contribution in [0.25, 0.3) is 0 Å². The second-order valence-corrected chi connectivity index (χ2v) is 6.24. The van der Waals surface area contributed by atoms with Crippen LogP contribution < -0.4 is 10.1 Å². The summed E-state index contributed by atoms with van der Waals surface area (Å²) >= 11 is 0. The molecule has 0 spiro atoms. The van der Waals surface area contributed by atoms with Gasteiger partial charge >= 0.3 is 0 Å². The molecule has 1 aromatic heterocycles. The first-order chi connectivity index (χ1) is 12.7. The summed E-state index contributed by atoms with van der Waals surface area (Å²) in [7, 11) is 0. The number of ether oxygens (including phenoxy) is 1. The van der Waals surface area contributed by atoms with Crippen molar-refractivity contribution >= 4 is 11.6 Å². The average Bonchev–Trinajstić information content (AvgIpc) is 2.68. The van der Waals surface area contributed by atoms with Gasteiger partial charge in [-0.3, -0.25) is 9.78 Å². The summed E-state index contributed by atoms with van der Waals surface area (Å²) in [5.74, 6) is 0.870. The number of nitrogens with one attached hydrogen (secondary N) is 1. The van der Waals surface area contributed by atoms with Gasteiger partial charge in [-0.25, -0.2) is 0 Å². The summed E-state index contributed by atoms with van der Waals surface area (Å²) in [4.78, 5) is 16.4. The van der Waals surface area contributed by atoms with Crippen molar-refractivity contribution in [2.24, 2.45) is 0 Å². The van der Waals surface area contributed by atoms with Crippen LogP contribution in [0.4, 0.5) is 5.69 Å². The maximum atomic E-state index is 12.3. The van der Waals surface area contributed by atoms with Gasteiger partial charge in [-0.1, -0.05) is 49.4 Å². The minimum Gasteiger partial charge on any atom is -0.489 e. The molecule has 1 amide bonds. The lowest BCUT2D eigenvalue weighted by atomic mass is 9.97. The number of carbonyl (C=O) groups excluding carboxylic acids is 1. The number of pyridine rings is 1. The molecule has 0 radical (unpaired) electrons. The normalized spacial score (nSPS) is 11.6. The van der Waals surface area contributed by atoms with E-state index in [1.165, 1.54) is 0 Å². The Morgan fingerprint density at radius 2 is 1.92 bits per heavy atom. The number of aromatic nitrogens is 1. The Bertz CT molecular complexity index is 835. The Labute approximate surface area is 153 Å². The lowest BCUT2D eigenvalue weighted by Crippen LogP contribution is -2.14. The third-order valence-corrected chi connectivity index (χ3v) is 4.11. The first kappa shape index (κ1) is 17.7. The molecule has 0 bridgehead atoms. The number of carbonyl (C=O) groups is 1. The monoisotopic (exact) mass is 346 g/mol. The van der Waals surface area contributed by atoms with E-state index in [-0.39, 0.29) is 11.8 Å². The van der Waals surface area contributed by atoms with Gasteiger partial charge in [0.05, 0.1) is 0 Å². The van der Waals surface area contributed by atoms with Crippen LogP contribution in [-0.4, -0.2) is 10.9 Å². The molecular formula is C22H22N2O2. The van der Waals surface area contributed by atoms with E-state index in [1.54, 1.807) is 12.4 Å². The Morgan fingerprint density at radius 1 is 1.08 bits per heavy atom. The number of benzene rings is 2. The van der Waals surface area contributed by atoms with Crippen molar-refractivity contribution in [2.75, 3.05) is 5.32 Å². The Morgan fingerprint density at radius 3 is 2.69 bits per heavy atom. The quantitative estimate of drug-likeness (QED) is 0.669. The van der Waals surface area contributed by atoms with Crippen molar-refractivity contribution in [2.45, 2.75) is 25.9 Å². The molecule has 1 N–H and O–H groups in total. The molecule has 0 saturated heterocycles. The van der Waals surface area contributed by atoms with E-state index in [0.717, 1.165) is 16.8 Å². The van der Waals surface area contributed by atoms with E-state index in [2.05, 4.69) is 17.2 Å². The molecule has 0 aliphatic rings. The van der Waals surface area contributed by atoms with Crippen LogP contribution in [0, 0.1) is 0 Å². The molecular weight excluding hydrogens is 324 g/mol. The summed E-state index contributed by atoms with van der Waals surface area (Å²) < 4.78 is 5.77. The maximum Gasteiger partial charge on any atom is 0.224 e. The minimum atomic E-state index is -0.00855. The van der Waals surface area contributed by atoms with E-state index < -0.39 is 0 Å². The summed E-state index contributed by atoms with van der Waals surface area (Å²) in [5, 5.41) is 2.95. The third kappa shape index (κ3) is 5.18. The van der Waals surface area contributed by atoms with E-state index >= 15 is 0 Å². The summed E-state index contributed by atoms with van der Waals surface area (Å²) in [6.07, 6.45) is 3.94. The van der Waals surface area contributed by atoms with Crippen LogP contribution in [0.5, 0.6) is 5.75 Å². The highest BCUT2D eigenvalue weighted by atomic mass is 16.5. The van der Waals surface area contributed by atoms with Gasteiger partial charge in [0, 0.05) is 36.1 Å². The zero-order valence-corrected chi connectivity index (χ0v) is 14.8. The molecule has 0 aliphatic carbocycles. The van der Waals surface area contributed by atoms with Crippen molar-refractivity contribution in [3.63, 3.8) is 0 Å². The van der Waals surface area contributed by atoms with Crippen LogP contribution >= 0.6 is 0 Å². The highest BCUT2D eigenvalue weighted by molar-refractivity contribution is 5.91. The predicted molar refractivity (Wildman–Crippen MR) is 103 cm³/mol. The van der Waals surface area contributed by atoms with Gasteiger partial charge in [0.2, 0.25) is 5.91 Å². The fraction of sp³-hybridized carbons (Fsp3) is 0.182. The number of anilines is 1. The molecule has 0 aliphatic heterocycles. The summed E-state index contributed by atoms with van der Waals surface area (Å²) in [6.45, 7) is 2.50.